The Hall–Kier alpha value is -2.66. The number of hydrogen-bond donors (Lipinski definition) is 1. The van der Waals surface area contributed by atoms with Crippen LogP contribution in [0.5, 0.6) is 0 Å². The molecule has 1 fully saturated rings. The first-order valence-electron chi connectivity index (χ1n) is 7.56. The van der Waals surface area contributed by atoms with Gasteiger partial charge in [0.15, 0.2) is 0 Å². The molecule has 1 aliphatic heterocycles. The maximum Gasteiger partial charge on any atom is 0.255 e. The molecule has 3 rings (SSSR count). The Kier molecular flexibility index (Phi) is 4.68. The summed E-state index contributed by atoms with van der Waals surface area (Å²) in [5.41, 5.74) is 2.84. The van der Waals surface area contributed by atoms with Gasteiger partial charge in [-0.15, -0.1) is 0 Å². The average Bonchev–Trinajstić information content (AvgIpc) is 2.63. The largest absolute Gasteiger partial charge is 0.378 e. The van der Waals surface area contributed by atoms with Gasteiger partial charge >= 0.3 is 0 Å². The lowest BCUT2D eigenvalue weighted by molar-refractivity contribution is 0.102. The van der Waals surface area contributed by atoms with Crippen molar-refractivity contribution in [2.75, 3.05) is 36.5 Å². The van der Waals surface area contributed by atoms with Gasteiger partial charge in [-0.05, 0) is 24.3 Å². The van der Waals surface area contributed by atoms with Crippen molar-refractivity contribution < 1.29 is 14.3 Å². The minimum Gasteiger partial charge on any atom is -0.378 e. The number of rotatable bonds is 4. The molecule has 1 N–H and O–H groups in total. The van der Waals surface area contributed by atoms with Crippen LogP contribution in [0.15, 0.2) is 48.5 Å². The van der Waals surface area contributed by atoms with Gasteiger partial charge in [0.25, 0.3) is 5.91 Å². The third-order valence-electron chi connectivity index (χ3n) is 3.81. The molecular formula is C18H18N2O3. The first-order chi connectivity index (χ1) is 11.3. The van der Waals surface area contributed by atoms with Crippen LogP contribution in [0.1, 0.15) is 20.7 Å². The number of para-hydroxylation sites is 2. The van der Waals surface area contributed by atoms with Crippen molar-refractivity contribution in [3.8, 4) is 0 Å². The third kappa shape index (κ3) is 3.57. The van der Waals surface area contributed by atoms with Crippen LogP contribution in [-0.4, -0.2) is 38.5 Å². The smallest absolute Gasteiger partial charge is 0.255 e. The normalized spacial score (nSPS) is 14.3. The number of anilines is 2. The van der Waals surface area contributed by atoms with Gasteiger partial charge in [-0.1, -0.05) is 24.3 Å². The van der Waals surface area contributed by atoms with E-state index in [1.54, 1.807) is 24.3 Å². The average molecular weight is 310 g/mol. The second kappa shape index (κ2) is 7.07. The van der Waals surface area contributed by atoms with Crippen LogP contribution in [0, 0.1) is 0 Å². The summed E-state index contributed by atoms with van der Waals surface area (Å²) in [7, 11) is 0. The SMILES string of the molecule is O=Cc1ccc(C(=O)Nc2ccccc2N2CCOCC2)cc1. The van der Waals surface area contributed by atoms with Crippen molar-refractivity contribution in [2.24, 2.45) is 0 Å². The van der Waals surface area contributed by atoms with Gasteiger partial charge in [-0.2, -0.15) is 0 Å². The van der Waals surface area contributed by atoms with Crippen molar-refractivity contribution >= 4 is 23.6 Å². The van der Waals surface area contributed by atoms with Crippen LogP contribution in [0.25, 0.3) is 0 Å². The molecule has 1 saturated heterocycles. The fourth-order valence-electron chi connectivity index (χ4n) is 2.57. The Labute approximate surface area is 134 Å². The number of aldehydes is 1. The Morgan fingerprint density at radius 2 is 1.74 bits per heavy atom. The van der Waals surface area contributed by atoms with Crippen LogP contribution < -0.4 is 10.2 Å². The Morgan fingerprint density at radius 3 is 2.43 bits per heavy atom. The minimum atomic E-state index is -0.192. The molecule has 0 unspecified atom stereocenters. The van der Waals surface area contributed by atoms with E-state index in [1.807, 2.05) is 24.3 Å². The summed E-state index contributed by atoms with van der Waals surface area (Å²) in [6.45, 7) is 2.99. The molecule has 0 aromatic heterocycles. The monoisotopic (exact) mass is 310 g/mol. The van der Waals surface area contributed by atoms with Crippen LogP contribution in [0.4, 0.5) is 11.4 Å². The molecule has 0 aliphatic carbocycles. The highest BCUT2D eigenvalue weighted by atomic mass is 16.5. The molecule has 0 radical (unpaired) electrons. The van der Waals surface area contributed by atoms with Crippen LogP contribution in [0.3, 0.4) is 0 Å². The highest BCUT2D eigenvalue weighted by molar-refractivity contribution is 6.06. The summed E-state index contributed by atoms with van der Waals surface area (Å²) in [6, 6.07) is 14.3. The van der Waals surface area contributed by atoms with E-state index in [-0.39, 0.29) is 5.91 Å². The molecule has 0 atom stereocenters. The number of amides is 1. The predicted molar refractivity (Wildman–Crippen MR) is 89.3 cm³/mol. The van der Waals surface area contributed by atoms with E-state index in [4.69, 9.17) is 4.74 Å². The molecular weight excluding hydrogens is 292 g/mol. The van der Waals surface area contributed by atoms with Gasteiger partial charge in [-0.3, -0.25) is 9.59 Å². The van der Waals surface area contributed by atoms with Gasteiger partial charge in [0.2, 0.25) is 0 Å². The molecule has 1 amide bonds. The summed E-state index contributed by atoms with van der Waals surface area (Å²) >= 11 is 0. The first kappa shape index (κ1) is 15.2. The Bertz CT molecular complexity index is 692. The zero-order chi connectivity index (χ0) is 16.1. The van der Waals surface area contributed by atoms with E-state index >= 15 is 0 Å². The fourth-order valence-corrected chi connectivity index (χ4v) is 2.57. The molecule has 0 bridgehead atoms. The van der Waals surface area contributed by atoms with E-state index in [0.29, 0.717) is 24.3 Å². The second-order valence-corrected chi connectivity index (χ2v) is 5.31. The fraction of sp³-hybridized carbons (Fsp3) is 0.222. The van der Waals surface area contributed by atoms with Gasteiger partial charge in [0.1, 0.15) is 6.29 Å². The third-order valence-corrected chi connectivity index (χ3v) is 3.81. The van der Waals surface area contributed by atoms with Crippen molar-refractivity contribution in [3.05, 3.63) is 59.7 Å². The lowest BCUT2D eigenvalue weighted by Gasteiger charge is -2.30. The van der Waals surface area contributed by atoms with Gasteiger partial charge in [0.05, 0.1) is 24.6 Å². The number of morpholine rings is 1. The summed E-state index contributed by atoms with van der Waals surface area (Å²) in [6.07, 6.45) is 0.759. The Balaban J connectivity index is 1.78. The second-order valence-electron chi connectivity index (χ2n) is 5.31. The zero-order valence-electron chi connectivity index (χ0n) is 12.7. The van der Waals surface area contributed by atoms with E-state index in [0.717, 1.165) is 30.8 Å². The van der Waals surface area contributed by atoms with Crippen LogP contribution >= 0.6 is 0 Å². The minimum absolute atomic E-state index is 0.192. The van der Waals surface area contributed by atoms with Crippen LogP contribution in [-0.2, 0) is 4.74 Å². The first-order valence-corrected chi connectivity index (χ1v) is 7.56. The maximum absolute atomic E-state index is 12.4. The lowest BCUT2D eigenvalue weighted by atomic mass is 10.1. The quantitative estimate of drug-likeness (QED) is 0.882. The van der Waals surface area contributed by atoms with Gasteiger partial charge < -0.3 is 15.0 Å². The number of hydrogen-bond acceptors (Lipinski definition) is 4. The van der Waals surface area contributed by atoms with E-state index in [9.17, 15) is 9.59 Å². The van der Waals surface area contributed by atoms with Crippen LogP contribution in [0.2, 0.25) is 0 Å². The lowest BCUT2D eigenvalue weighted by Crippen LogP contribution is -2.36. The highest BCUT2D eigenvalue weighted by Gasteiger charge is 2.16. The summed E-state index contributed by atoms with van der Waals surface area (Å²) in [5, 5.41) is 2.95. The molecule has 118 valence electrons. The van der Waals surface area contributed by atoms with Crippen molar-refractivity contribution in [1.82, 2.24) is 0 Å². The number of ether oxygens (including phenoxy) is 1. The van der Waals surface area contributed by atoms with Crippen molar-refractivity contribution in [3.63, 3.8) is 0 Å². The molecule has 0 saturated carbocycles. The molecule has 1 heterocycles. The van der Waals surface area contributed by atoms with Crippen molar-refractivity contribution in [1.29, 1.82) is 0 Å². The summed E-state index contributed by atoms with van der Waals surface area (Å²) in [4.78, 5) is 25.3. The molecule has 2 aromatic carbocycles. The molecule has 5 heteroatoms. The number of carbonyl (C=O) groups is 2. The number of nitrogens with zero attached hydrogens (tertiary/aromatic N) is 1. The standard InChI is InChI=1S/C18H18N2O3/c21-13-14-5-7-15(8-6-14)18(22)19-16-3-1-2-4-17(16)20-9-11-23-12-10-20/h1-8,13H,9-12H2,(H,19,22). The van der Waals surface area contributed by atoms with E-state index in [2.05, 4.69) is 10.2 Å². The molecule has 23 heavy (non-hydrogen) atoms. The zero-order valence-corrected chi connectivity index (χ0v) is 12.7. The maximum atomic E-state index is 12.4. The Morgan fingerprint density at radius 1 is 1.04 bits per heavy atom. The van der Waals surface area contributed by atoms with E-state index < -0.39 is 0 Å². The number of benzene rings is 2. The molecule has 2 aromatic rings. The number of nitrogens with one attached hydrogen (secondary N) is 1. The number of carbonyl (C=O) groups excluding carboxylic acids is 2. The highest BCUT2D eigenvalue weighted by Crippen LogP contribution is 2.26. The van der Waals surface area contributed by atoms with Crippen molar-refractivity contribution in [2.45, 2.75) is 0 Å². The van der Waals surface area contributed by atoms with Gasteiger partial charge in [-0.25, -0.2) is 0 Å². The molecule has 1 aliphatic rings. The predicted octanol–water partition coefficient (Wildman–Crippen LogP) is 2.59. The molecule has 0 spiro atoms. The van der Waals surface area contributed by atoms with E-state index in [1.165, 1.54) is 0 Å². The summed E-state index contributed by atoms with van der Waals surface area (Å²) in [5.74, 6) is -0.192. The summed E-state index contributed by atoms with van der Waals surface area (Å²) < 4.78 is 5.38. The molecule has 5 nitrogen and oxygen atoms in total. The van der Waals surface area contributed by atoms with Gasteiger partial charge in [0, 0.05) is 24.2 Å². The topological polar surface area (TPSA) is 58.6 Å².